The second kappa shape index (κ2) is 4.27. The number of sulfone groups is 1. The number of aryl methyl sites for hydroxylation is 1. The molecule has 2 heterocycles. The van der Waals surface area contributed by atoms with Crippen molar-refractivity contribution < 1.29 is 8.42 Å². The molecule has 1 saturated heterocycles. The minimum atomic E-state index is -3.45. The lowest BCUT2D eigenvalue weighted by Gasteiger charge is -2.09. The van der Waals surface area contributed by atoms with Crippen LogP contribution in [-0.4, -0.2) is 36.7 Å². The zero-order chi connectivity index (χ0) is 11.8. The summed E-state index contributed by atoms with van der Waals surface area (Å²) < 4.78 is 24.2. The van der Waals surface area contributed by atoms with Crippen molar-refractivity contribution in [1.82, 2.24) is 15.3 Å². The van der Waals surface area contributed by atoms with Gasteiger partial charge in [-0.2, -0.15) is 0 Å². The van der Waals surface area contributed by atoms with Crippen molar-refractivity contribution in [1.29, 1.82) is 0 Å². The van der Waals surface area contributed by atoms with E-state index in [1.54, 1.807) is 6.92 Å². The number of aromatic nitrogens is 2. The van der Waals surface area contributed by atoms with E-state index < -0.39 is 15.1 Å². The fraction of sp³-hybridized carbons (Fsp3) is 0.556. The largest absolute Gasteiger partial charge is 0.315 e. The molecule has 1 fully saturated rings. The highest BCUT2D eigenvalue weighted by Gasteiger charge is 2.32. The number of nitrogens with one attached hydrogen (secondary N) is 1. The smallest absolute Gasteiger partial charge is 0.249 e. The van der Waals surface area contributed by atoms with Crippen LogP contribution in [0.15, 0.2) is 11.2 Å². The van der Waals surface area contributed by atoms with Crippen LogP contribution in [-0.2, 0) is 9.84 Å². The van der Waals surface area contributed by atoms with E-state index in [1.807, 2.05) is 0 Å². The molecule has 0 bridgehead atoms. The van der Waals surface area contributed by atoms with Gasteiger partial charge in [-0.3, -0.25) is 0 Å². The van der Waals surface area contributed by atoms with Crippen molar-refractivity contribution in [3.8, 4) is 0 Å². The molecule has 0 amide bonds. The summed E-state index contributed by atoms with van der Waals surface area (Å²) in [6.45, 7) is 2.86. The molecule has 0 unspecified atom stereocenters. The van der Waals surface area contributed by atoms with E-state index >= 15 is 0 Å². The van der Waals surface area contributed by atoms with Crippen molar-refractivity contribution in [3.63, 3.8) is 0 Å². The first-order valence-corrected chi connectivity index (χ1v) is 6.88. The Hall–Kier alpha value is -0.720. The zero-order valence-corrected chi connectivity index (χ0v) is 10.3. The van der Waals surface area contributed by atoms with Gasteiger partial charge in [0.25, 0.3) is 0 Å². The molecular weight excluding hydrogens is 250 g/mol. The molecule has 1 N–H and O–H groups in total. The van der Waals surface area contributed by atoms with Gasteiger partial charge < -0.3 is 5.32 Å². The molecule has 16 heavy (non-hydrogen) atoms. The molecule has 0 spiro atoms. The molecule has 1 aliphatic rings. The SMILES string of the molecule is Cc1cc(Cl)nc(S(=O)(=O)[C@@H]2CCNC2)n1. The van der Waals surface area contributed by atoms with Crippen LogP contribution in [0, 0.1) is 6.92 Å². The van der Waals surface area contributed by atoms with E-state index in [-0.39, 0.29) is 10.3 Å². The van der Waals surface area contributed by atoms with Crippen LogP contribution in [0.3, 0.4) is 0 Å². The standard InChI is InChI=1S/C9H12ClN3O2S/c1-6-4-8(10)13-9(12-6)16(14,15)7-2-3-11-5-7/h4,7,11H,2-3,5H2,1H3/t7-/m1/s1. The summed E-state index contributed by atoms with van der Waals surface area (Å²) in [7, 11) is -3.45. The summed E-state index contributed by atoms with van der Waals surface area (Å²) in [5, 5.41) is 2.57. The van der Waals surface area contributed by atoms with Crippen molar-refractivity contribution in [2.24, 2.45) is 0 Å². The summed E-state index contributed by atoms with van der Waals surface area (Å²) in [6.07, 6.45) is 0.594. The summed E-state index contributed by atoms with van der Waals surface area (Å²) in [5.74, 6) is 0. The highest BCUT2D eigenvalue weighted by molar-refractivity contribution is 7.91. The highest BCUT2D eigenvalue weighted by atomic mass is 35.5. The van der Waals surface area contributed by atoms with E-state index in [4.69, 9.17) is 11.6 Å². The molecule has 0 aliphatic carbocycles. The van der Waals surface area contributed by atoms with Gasteiger partial charge in [0.15, 0.2) is 0 Å². The minimum absolute atomic E-state index is 0.161. The minimum Gasteiger partial charge on any atom is -0.315 e. The van der Waals surface area contributed by atoms with Gasteiger partial charge in [-0.05, 0) is 26.0 Å². The Morgan fingerprint density at radius 2 is 2.25 bits per heavy atom. The Balaban J connectivity index is 2.42. The molecule has 2 rings (SSSR count). The molecule has 0 saturated carbocycles. The molecule has 1 atom stereocenters. The number of halogens is 1. The maximum Gasteiger partial charge on any atom is 0.249 e. The lowest BCUT2D eigenvalue weighted by atomic mass is 10.4. The van der Waals surface area contributed by atoms with Crippen LogP contribution < -0.4 is 5.32 Å². The van der Waals surface area contributed by atoms with E-state index in [9.17, 15) is 8.42 Å². The summed E-state index contributed by atoms with van der Waals surface area (Å²) in [4.78, 5) is 7.73. The Bertz CT molecular complexity index is 477. The van der Waals surface area contributed by atoms with Gasteiger partial charge in [0.1, 0.15) is 5.15 Å². The Kier molecular flexibility index (Phi) is 3.14. The van der Waals surface area contributed by atoms with Gasteiger partial charge >= 0.3 is 0 Å². The third-order valence-electron chi connectivity index (χ3n) is 2.51. The van der Waals surface area contributed by atoms with Crippen LogP contribution >= 0.6 is 11.6 Å². The second-order valence-corrected chi connectivity index (χ2v) is 6.28. The molecule has 88 valence electrons. The predicted octanol–water partition coefficient (Wildman–Crippen LogP) is 0.574. The fourth-order valence-electron chi connectivity index (χ4n) is 1.67. The normalized spacial score (nSPS) is 21.2. The van der Waals surface area contributed by atoms with Gasteiger partial charge in [0.2, 0.25) is 15.0 Å². The van der Waals surface area contributed by atoms with Gasteiger partial charge in [0, 0.05) is 12.2 Å². The second-order valence-electron chi connectivity index (χ2n) is 3.77. The van der Waals surface area contributed by atoms with E-state index in [0.29, 0.717) is 25.2 Å². The van der Waals surface area contributed by atoms with Crippen LogP contribution in [0.25, 0.3) is 0 Å². The van der Waals surface area contributed by atoms with Crippen LogP contribution in [0.2, 0.25) is 5.15 Å². The Morgan fingerprint density at radius 1 is 1.50 bits per heavy atom. The third kappa shape index (κ3) is 2.18. The third-order valence-corrected chi connectivity index (χ3v) is 4.68. The fourth-order valence-corrected chi connectivity index (χ4v) is 3.52. The summed E-state index contributed by atoms with van der Waals surface area (Å²) in [5.41, 5.74) is 0.560. The first kappa shape index (κ1) is 11.8. The lowest BCUT2D eigenvalue weighted by molar-refractivity contribution is 0.573. The van der Waals surface area contributed by atoms with Gasteiger partial charge in [-0.15, -0.1) is 0 Å². The van der Waals surface area contributed by atoms with Crippen molar-refractivity contribution in [2.75, 3.05) is 13.1 Å². The Morgan fingerprint density at radius 3 is 2.81 bits per heavy atom. The highest BCUT2D eigenvalue weighted by Crippen LogP contribution is 2.19. The molecule has 0 radical (unpaired) electrons. The molecule has 0 aromatic carbocycles. The molecule has 1 aromatic rings. The van der Waals surface area contributed by atoms with Gasteiger partial charge in [-0.25, -0.2) is 18.4 Å². The van der Waals surface area contributed by atoms with Crippen molar-refractivity contribution in [2.45, 2.75) is 23.8 Å². The molecule has 5 nitrogen and oxygen atoms in total. The molecular formula is C9H12ClN3O2S. The maximum atomic E-state index is 12.1. The number of hydrogen-bond donors (Lipinski definition) is 1. The van der Waals surface area contributed by atoms with E-state index in [0.717, 1.165) is 0 Å². The molecule has 1 aliphatic heterocycles. The first-order chi connectivity index (χ1) is 7.50. The number of rotatable bonds is 2. The maximum absolute atomic E-state index is 12.1. The Labute approximate surface area is 99.2 Å². The predicted molar refractivity (Wildman–Crippen MR) is 60.2 cm³/mol. The van der Waals surface area contributed by atoms with E-state index in [1.165, 1.54) is 6.07 Å². The number of nitrogens with zero attached hydrogens (tertiary/aromatic N) is 2. The number of hydrogen-bond acceptors (Lipinski definition) is 5. The van der Waals surface area contributed by atoms with Crippen LogP contribution in [0.4, 0.5) is 0 Å². The van der Waals surface area contributed by atoms with Gasteiger partial charge in [0.05, 0.1) is 5.25 Å². The zero-order valence-electron chi connectivity index (χ0n) is 8.77. The molecule has 7 heteroatoms. The average Bonchev–Trinajstić information content (AvgIpc) is 2.69. The summed E-state index contributed by atoms with van der Waals surface area (Å²) >= 11 is 5.73. The summed E-state index contributed by atoms with van der Waals surface area (Å²) in [6, 6.07) is 1.54. The average molecular weight is 262 g/mol. The monoisotopic (exact) mass is 261 g/mol. The van der Waals surface area contributed by atoms with Crippen LogP contribution in [0.1, 0.15) is 12.1 Å². The topological polar surface area (TPSA) is 72.0 Å². The van der Waals surface area contributed by atoms with Gasteiger partial charge in [-0.1, -0.05) is 11.6 Å². The first-order valence-electron chi connectivity index (χ1n) is 4.96. The van der Waals surface area contributed by atoms with Crippen molar-refractivity contribution in [3.05, 3.63) is 16.9 Å². The van der Waals surface area contributed by atoms with E-state index in [2.05, 4.69) is 15.3 Å². The molecule has 1 aromatic heterocycles. The lowest BCUT2D eigenvalue weighted by Crippen LogP contribution is -2.25. The quantitative estimate of drug-likeness (QED) is 0.623. The van der Waals surface area contributed by atoms with Crippen molar-refractivity contribution >= 4 is 21.4 Å². The van der Waals surface area contributed by atoms with Crippen LogP contribution in [0.5, 0.6) is 0 Å².